The Labute approximate surface area is 154 Å². The molecule has 0 radical (unpaired) electrons. The average molecular weight is 345 g/mol. The highest BCUT2D eigenvalue weighted by atomic mass is 16.6. The van der Waals surface area contributed by atoms with Crippen molar-refractivity contribution in [1.29, 1.82) is 0 Å². The molecular formula is C23H36O2. The number of allylic oxidation sites excluding steroid dienone is 1. The topological polar surface area (TPSA) is 21.8 Å². The quantitative estimate of drug-likeness (QED) is 0.258. The van der Waals surface area contributed by atoms with Gasteiger partial charge in [0.25, 0.3) is 0 Å². The second kappa shape index (κ2) is 13.0. The Morgan fingerprint density at radius 2 is 1.68 bits per heavy atom. The zero-order chi connectivity index (χ0) is 17.6. The van der Waals surface area contributed by atoms with E-state index in [0.29, 0.717) is 12.7 Å². The zero-order valence-electron chi connectivity index (χ0n) is 16.1. The number of benzene rings is 1. The average Bonchev–Trinajstić information content (AvgIpc) is 3.46. The molecule has 0 N–H and O–H groups in total. The summed E-state index contributed by atoms with van der Waals surface area (Å²) in [6.07, 6.45) is 20.0. The van der Waals surface area contributed by atoms with Crippen molar-refractivity contribution in [2.24, 2.45) is 0 Å². The Kier molecular flexibility index (Phi) is 10.4. The summed E-state index contributed by atoms with van der Waals surface area (Å²) in [5, 5.41) is 0. The third-order valence-electron chi connectivity index (χ3n) is 4.73. The van der Waals surface area contributed by atoms with Gasteiger partial charge in [0, 0.05) is 0 Å². The van der Waals surface area contributed by atoms with Crippen LogP contribution in [0, 0.1) is 0 Å². The van der Waals surface area contributed by atoms with Crippen LogP contribution in [-0.4, -0.2) is 19.3 Å². The summed E-state index contributed by atoms with van der Waals surface area (Å²) >= 11 is 0. The summed E-state index contributed by atoms with van der Waals surface area (Å²) in [5.41, 5.74) is 1.22. The Morgan fingerprint density at radius 3 is 2.36 bits per heavy atom. The van der Waals surface area contributed by atoms with Crippen molar-refractivity contribution in [2.45, 2.75) is 83.7 Å². The van der Waals surface area contributed by atoms with Gasteiger partial charge in [-0.15, -0.1) is 0 Å². The van der Waals surface area contributed by atoms with E-state index >= 15 is 0 Å². The van der Waals surface area contributed by atoms with E-state index in [1.165, 1.54) is 76.2 Å². The monoisotopic (exact) mass is 344 g/mol. The first-order valence-corrected chi connectivity index (χ1v) is 10.4. The van der Waals surface area contributed by atoms with Gasteiger partial charge in [0.15, 0.2) is 0 Å². The third kappa shape index (κ3) is 10.3. The smallest absolute Gasteiger partial charge is 0.120 e. The molecule has 1 aliphatic rings. The highest BCUT2D eigenvalue weighted by Crippen LogP contribution is 2.18. The minimum atomic E-state index is 0.315. The lowest BCUT2D eigenvalue weighted by atomic mass is 10.1. The summed E-state index contributed by atoms with van der Waals surface area (Å²) in [6, 6.07) is 8.32. The Bertz CT molecular complexity index is 477. The van der Waals surface area contributed by atoms with Crippen LogP contribution in [0.25, 0.3) is 6.08 Å². The molecule has 1 fully saturated rings. The van der Waals surface area contributed by atoms with Crippen LogP contribution in [0.2, 0.25) is 0 Å². The van der Waals surface area contributed by atoms with E-state index in [1.807, 2.05) is 6.07 Å². The summed E-state index contributed by atoms with van der Waals surface area (Å²) in [4.78, 5) is 0. The van der Waals surface area contributed by atoms with Crippen molar-refractivity contribution in [1.82, 2.24) is 0 Å². The van der Waals surface area contributed by atoms with E-state index < -0.39 is 0 Å². The molecule has 1 aromatic rings. The van der Waals surface area contributed by atoms with Gasteiger partial charge in [-0.1, -0.05) is 89.0 Å². The highest BCUT2D eigenvalue weighted by molar-refractivity contribution is 5.51. The molecule has 1 heterocycles. The van der Waals surface area contributed by atoms with E-state index in [9.17, 15) is 0 Å². The normalized spacial score (nSPS) is 16.4. The fraction of sp³-hybridized carbons (Fsp3) is 0.652. The molecule has 2 rings (SSSR count). The SMILES string of the molecule is CCCCCCCCCCCC/C=C/c1cccc(OCC2CO2)c1. The van der Waals surface area contributed by atoms with E-state index in [-0.39, 0.29) is 0 Å². The highest BCUT2D eigenvalue weighted by Gasteiger charge is 2.22. The van der Waals surface area contributed by atoms with Crippen LogP contribution >= 0.6 is 0 Å². The number of hydrogen-bond donors (Lipinski definition) is 0. The van der Waals surface area contributed by atoms with Crippen molar-refractivity contribution in [3.05, 3.63) is 35.9 Å². The van der Waals surface area contributed by atoms with Crippen LogP contribution in [0.1, 0.15) is 83.1 Å². The van der Waals surface area contributed by atoms with Crippen molar-refractivity contribution in [3.8, 4) is 5.75 Å². The second-order valence-electron chi connectivity index (χ2n) is 7.21. The second-order valence-corrected chi connectivity index (χ2v) is 7.21. The summed E-state index contributed by atoms with van der Waals surface area (Å²) in [7, 11) is 0. The molecule has 2 nitrogen and oxygen atoms in total. The lowest BCUT2D eigenvalue weighted by Crippen LogP contribution is -2.03. The molecule has 2 heteroatoms. The fourth-order valence-corrected chi connectivity index (χ4v) is 3.03. The van der Waals surface area contributed by atoms with Gasteiger partial charge in [-0.3, -0.25) is 0 Å². The van der Waals surface area contributed by atoms with Crippen LogP contribution in [0.15, 0.2) is 30.3 Å². The van der Waals surface area contributed by atoms with Crippen molar-refractivity contribution >= 4 is 6.08 Å². The maximum Gasteiger partial charge on any atom is 0.120 e. The predicted molar refractivity (Wildman–Crippen MR) is 107 cm³/mol. The van der Waals surface area contributed by atoms with Crippen molar-refractivity contribution in [3.63, 3.8) is 0 Å². The summed E-state index contributed by atoms with van der Waals surface area (Å²) in [6.45, 7) is 3.80. The molecular weight excluding hydrogens is 308 g/mol. The standard InChI is InChI=1S/C23H36O2/c1-2-3-4-5-6-7-8-9-10-11-12-13-15-21-16-14-17-22(18-21)24-19-23-20-25-23/h13-18,23H,2-12,19-20H2,1H3/b15-13+. The molecule has 1 atom stereocenters. The molecule has 140 valence electrons. The molecule has 0 aromatic heterocycles. The van der Waals surface area contributed by atoms with E-state index in [4.69, 9.17) is 9.47 Å². The first kappa shape index (κ1) is 20.0. The molecule has 0 aliphatic carbocycles. The first-order valence-electron chi connectivity index (χ1n) is 10.4. The molecule has 25 heavy (non-hydrogen) atoms. The number of ether oxygens (including phenoxy) is 2. The first-order chi connectivity index (χ1) is 12.4. The van der Waals surface area contributed by atoms with E-state index in [1.54, 1.807) is 0 Å². The minimum absolute atomic E-state index is 0.315. The third-order valence-corrected chi connectivity index (χ3v) is 4.73. The Morgan fingerprint density at radius 1 is 1.00 bits per heavy atom. The Hall–Kier alpha value is -1.28. The van der Waals surface area contributed by atoms with Crippen LogP contribution in [-0.2, 0) is 4.74 Å². The van der Waals surface area contributed by atoms with Crippen LogP contribution < -0.4 is 4.74 Å². The number of unbranched alkanes of at least 4 members (excludes halogenated alkanes) is 10. The zero-order valence-corrected chi connectivity index (χ0v) is 16.1. The van der Waals surface area contributed by atoms with Gasteiger partial charge in [-0.25, -0.2) is 0 Å². The lowest BCUT2D eigenvalue weighted by molar-refractivity contribution is 0.263. The van der Waals surface area contributed by atoms with Gasteiger partial charge < -0.3 is 9.47 Å². The van der Waals surface area contributed by atoms with Gasteiger partial charge in [0.1, 0.15) is 18.5 Å². The lowest BCUT2D eigenvalue weighted by Gasteiger charge is -2.04. The molecule has 1 aromatic carbocycles. The molecule has 1 unspecified atom stereocenters. The fourth-order valence-electron chi connectivity index (χ4n) is 3.03. The summed E-state index contributed by atoms with van der Waals surface area (Å²) in [5.74, 6) is 0.941. The predicted octanol–water partition coefficient (Wildman–Crippen LogP) is 6.79. The molecule has 0 spiro atoms. The number of epoxide rings is 1. The summed E-state index contributed by atoms with van der Waals surface area (Å²) < 4.78 is 10.9. The van der Waals surface area contributed by atoms with Gasteiger partial charge in [-0.05, 0) is 30.5 Å². The van der Waals surface area contributed by atoms with Gasteiger partial charge in [0.05, 0.1) is 6.61 Å². The van der Waals surface area contributed by atoms with Crippen molar-refractivity contribution in [2.75, 3.05) is 13.2 Å². The van der Waals surface area contributed by atoms with E-state index in [2.05, 4.69) is 37.3 Å². The largest absolute Gasteiger partial charge is 0.491 e. The molecule has 0 bridgehead atoms. The maximum atomic E-state index is 5.72. The van der Waals surface area contributed by atoms with Gasteiger partial charge >= 0.3 is 0 Å². The van der Waals surface area contributed by atoms with Crippen LogP contribution in [0.3, 0.4) is 0 Å². The molecule has 0 saturated carbocycles. The van der Waals surface area contributed by atoms with Gasteiger partial charge in [0.2, 0.25) is 0 Å². The van der Waals surface area contributed by atoms with Crippen LogP contribution in [0.4, 0.5) is 0 Å². The van der Waals surface area contributed by atoms with Crippen LogP contribution in [0.5, 0.6) is 5.75 Å². The Balaban J connectivity index is 1.46. The maximum absolute atomic E-state index is 5.72. The molecule has 1 aliphatic heterocycles. The van der Waals surface area contributed by atoms with Crippen molar-refractivity contribution < 1.29 is 9.47 Å². The number of hydrogen-bond acceptors (Lipinski definition) is 2. The number of rotatable bonds is 15. The molecule has 0 amide bonds. The minimum Gasteiger partial charge on any atom is -0.491 e. The molecule has 1 saturated heterocycles. The van der Waals surface area contributed by atoms with E-state index in [0.717, 1.165) is 12.4 Å². The van der Waals surface area contributed by atoms with Gasteiger partial charge in [-0.2, -0.15) is 0 Å².